The predicted octanol–water partition coefficient (Wildman–Crippen LogP) is 7.58. The van der Waals surface area contributed by atoms with Gasteiger partial charge >= 0.3 is 5.97 Å². The fourth-order valence-corrected chi connectivity index (χ4v) is 6.16. The molecule has 1 saturated heterocycles. The Labute approximate surface area is 240 Å². The van der Waals surface area contributed by atoms with E-state index in [9.17, 15) is 14.3 Å². The van der Waals surface area contributed by atoms with Gasteiger partial charge in [-0.15, -0.1) is 0 Å². The van der Waals surface area contributed by atoms with Crippen LogP contribution in [0.2, 0.25) is 0 Å². The van der Waals surface area contributed by atoms with E-state index in [0.29, 0.717) is 11.5 Å². The average Bonchev–Trinajstić information content (AvgIpc) is 3.44. The number of carboxylic acids is 1. The Morgan fingerprint density at radius 1 is 1.00 bits per heavy atom. The number of fused-ring (bicyclic) bond motifs is 1. The molecule has 41 heavy (non-hydrogen) atoms. The molecule has 0 radical (unpaired) electrons. The van der Waals surface area contributed by atoms with E-state index in [0.717, 1.165) is 74.1 Å². The van der Waals surface area contributed by atoms with Crippen LogP contribution in [-0.2, 0) is 0 Å². The third kappa shape index (κ3) is 5.86. The minimum atomic E-state index is -1.02. The number of aromatic nitrogens is 1. The van der Waals surface area contributed by atoms with Crippen LogP contribution in [0.4, 0.5) is 10.1 Å². The fraction of sp³-hybridized carbons (Fsp3) is 0.324. The summed E-state index contributed by atoms with van der Waals surface area (Å²) in [4.78, 5) is 19.9. The Morgan fingerprint density at radius 3 is 2.59 bits per heavy atom. The number of allylic oxidation sites excluding steroid dienone is 1. The first-order chi connectivity index (χ1) is 19.8. The van der Waals surface area contributed by atoms with Crippen LogP contribution in [0.1, 0.15) is 49.0 Å². The maximum absolute atomic E-state index is 14.1. The van der Waals surface area contributed by atoms with Gasteiger partial charge < -0.3 is 19.7 Å². The lowest BCUT2D eigenvalue weighted by Crippen LogP contribution is -2.47. The molecule has 7 heteroatoms. The molecule has 0 amide bonds. The first-order valence-electron chi connectivity index (χ1n) is 14.3. The topological polar surface area (TPSA) is 68.8 Å². The molecule has 1 aliphatic heterocycles. The van der Waals surface area contributed by atoms with E-state index >= 15 is 0 Å². The number of anilines is 1. The molecule has 3 aromatic carbocycles. The molecule has 1 aromatic heterocycles. The van der Waals surface area contributed by atoms with Gasteiger partial charge in [0.05, 0.1) is 0 Å². The molecule has 1 aliphatic carbocycles. The number of ether oxygens (including phenoxy) is 1. The van der Waals surface area contributed by atoms with Gasteiger partial charge in [-0.1, -0.05) is 37.6 Å². The van der Waals surface area contributed by atoms with Crippen molar-refractivity contribution in [1.29, 1.82) is 0 Å². The van der Waals surface area contributed by atoms with E-state index in [4.69, 9.17) is 4.74 Å². The smallest absolute Gasteiger partial charge is 0.339 e. The lowest BCUT2D eigenvalue weighted by molar-refractivity contribution is 0.0694. The van der Waals surface area contributed by atoms with Crippen LogP contribution in [-0.4, -0.2) is 53.7 Å². The monoisotopic (exact) mass is 553 g/mol. The number of piperazine rings is 1. The minimum Gasteiger partial charge on any atom is -0.478 e. The molecule has 2 N–H and O–H groups in total. The third-order valence-corrected chi connectivity index (χ3v) is 8.48. The predicted molar refractivity (Wildman–Crippen MR) is 161 cm³/mol. The second kappa shape index (κ2) is 11.1. The van der Waals surface area contributed by atoms with Crippen LogP contribution in [0.25, 0.3) is 16.5 Å². The number of aromatic carboxylic acids is 1. The highest BCUT2D eigenvalue weighted by Crippen LogP contribution is 2.43. The highest BCUT2D eigenvalue weighted by molar-refractivity contribution is 5.92. The summed E-state index contributed by atoms with van der Waals surface area (Å²) in [5.41, 5.74) is 5.95. The largest absolute Gasteiger partial charge is 0.478 e. The summed E-state index contributed by atoms with van der Waals surface area (Å²) in [6.07, 6.45) is 4.97. The Balaban J connectivity index is 1.18. The Hall–Kier alpha value is -4.10. The van der Waals surface area contributed by atoms with E-state index in [-0.39, 0.29) is 16.8 Å². The van der Waals surface area contributed by atoms with Gasteiger partial charge in [-0.3, -0.25) is 4.90 Å². The van der Waals surface area contributed by atoms with Crippen molar-refractivity contribution in [3.8, 4) is 11.5 Å². The summed E-state index contributed by atoms with van der Waals surface area (Å²) in [6, 6.07) is 20.0. The lowest BCUT2D eigenvalue weighted by Gasteiger charge is -2.39. The molecule has 0 atom stereocenters. The molecule has 0 bridgehead atoms. The second-order valence-corrected chi connectivity index (χ2v) is 12.0. The Kier molecular flexibility index (Phi) is 7.30. The van der Waals surface area contributed by atoms with E-state index in [2.05, 4.69) is 28.6 Å². The van der Waals surface area contributed by atoms with Crippen molar-refractivity contribution in [2.75, 3.05) is 37.6 Å². The summed E-state index contributed by atoms with van der Waals surface area (Å²) in [6.45, 7) is 8.93. The molecular formula is C34H36FN3O3. The van der Waals surface area contributed by atoms with E-state index in [1.54, 1.807) is 12.1 Å². The number of H-pyrrole nitrogens is 1. The van der Waals surface area contributed by atoms with E-state index in [1.807, 2.05) is 54.7 Å². The fourth-order valence-electron chi connectivity index (χ4n) is 6.16. The van der Waals surface area contributed by atoms with Crippen molar-refractivity contribution in [3.05, 3.63) is 95.4 Å². The van der Waals surface area contributed by atoms with Gasteiger partial charge in [-0.05, 0) is 78.3 Å². The Bertz CT molecular complexity index is 1610. The number of carboxylic acid groups (broad SMARTS) is 1. The van der Waals surface area contributed by atoms with Crippen LogP contribution in [0.15, 0.2) is 78.5 Å². The van der Waals surface area contributed by atoms with Gasteiger partial charge in [0.15, 0.2) is 0 Å². The standard InChI is InChI=1S/C34H36FN3O3/c1-34(2)13-11-24(29(21-34)23-5-3-6-25(35)19-23)22-37-15-17-38(18-16-37)26-9-10-28(33(39)40)32(20-26)41-31-8-4-7-30-27(31)12-14-36-30/h3-10,12,14,19-20,36H,11,13,15-18,21-22H2,1-2H3,(H,39,40). The third-order valence-electron chi connectivity index (χ3n) is 8.48. The molecular weight excluding hydrogens is 517 g/mol. The molecule has 6 nitrogen and oxygen atoms in total. The number of benzene rings is 3. The van der Waals surface area contributed by atoms with Crippen molar-refractivity contribution in [2.45, 2.75) is 33.1 Å². The maximum atomic E-state index is 14.1. The van der Waals surface area contributed by atoms with E-state index in [1.165, 1.54) is 17.2 Å². The number of nitrogens with one attached hydrogen (secondary N) is 1. The van der Waals surface area contributed by atoms with Crippen LogP contribution in [0, 0.1) is 11.2 Å². The lowest BCUT2D eigenvalue weighted by atomic mass is 9.72. The summed E-state index contributed by atoms with van der Waals surface area (Å²) in [5, 5.41) is 10.7. The molecule has 4 aromatic rings. The highest BCUT2D eigenvalue weighted by atomic mass is 19.1. The number of carbonyl (C=O) groups is 1. The summed E-state index contributed by atoms with van der Waals surface area (Å²) in [7, 11) is 0. The van der Waals surface area contributed by atoms with Crippen LogP contribution in [0.3, 0.4) is 0 Å². The average molecular weight is 554 g/mol. The van der Waals surface area contributed by atoms with Crippen molar-refractivity contribution in [2.24, 2.45) is 5.41 Å². The van der Waals surface area contributed by atoms with Gasteiger partial charge in [-0.25, -0.2) is 9.18 Å². The van der Waals surface area contributed by atoms with Gasteiger partial charge in [-0.2, -0.15) is 0 Å². The van der Waals surface area contributed by atoms with Gasteiger partial charge in [0.25, 0.3) is 0 Å². The van der Waals surface area contributed by atoms with Crippen LogP contribution in [0.5, 0.6) is 11.5 Å². The molecule has 2 aliphatic rings. The van der Waals surface area contributed by atoms with Gasteiger partial charge in [0, 0.05) is 61.6 Å². The summed E-state index contributed by atoms with van der Waals surface area (Å²) < 4.78 is 20.3. The Morgan fingerprint density at radius 2 is 1.80 bits per heavy atom. The second-order valence-electron chi connectivity index (χ2n) is 12.0. The number of nitrogens with zero attached hydrogens (tertiary/aromatic N) is 2. The van der Waals surface area contributed by atoms with Crippen molar-refractivity contribution >= 4 is 28.1 Å². The summed E-state index contributed by atoms with van der Waals surface area (Å²) >= 11 is 0. The first kappa shape index (κ1) is 27.1. The molecule has 0 saturated carbocycles. The minimum absolute atomic E-state index is 0.136. The number of rotatable bonds is 7. The van der Waals surface area contributed by atoms with Crippen molar-refractivity contribution in [3.63, 3.8) is 0 Å². The number of hydrogen-bond acceptors (Lipinski definition) is 4. The molecule has 212 valence electrons. The zero-order valence-electron chi connectivity index (χ0n) is 23.6. The van der Waals surface area contributed by atoms with Gasteiger partial charge in [0.1, 0.15) is 22.9 Å². The molecule has 1 fully saturated rings. The van der Waals surface area contributed by atoms with Crippen molar-refractivity contribution < 1.29 is 19.0 Å². The normalized spacial score (nSPS) is 17.7. The number of halogens is 1. The van der Waals surface area contributed by atoms with E-state index < -0.39 is 5.97 Å². The SMILES string of the molecule is CC1(C)CCC(CN2CCN(c3ccc(C(=O)O)c(Oc4cccc5[nH]ccc45)c3)CC2)=C(c2cccc(F)c2)C1. The van der Waals surface area contributed by atoms with Crippen LogP contribution >= 0.6 is 0 Å². The summed E-state index contributed by atoms with van der Waals surface area (Å²) in [5.74, 6) is -0.254. The molecule has 0 unspecified atom stereocenters. The highest BCUT2D eigenvalue weighted by Gasteiger charge is 2.29. The number of aromatic amines is 1. The van der Waals surface area contributed by atoms with Crippen molar-refractivity contribution in [1.82, 2.24) is 9.88 Å². The van der Waals surface area contributed by atoms with Gasteiger partial charge in [0.2, 0.25) is 0 Å². The number of hydrogen-bond donors (Lipinski definition) is 2. The first-order valence-corrected chi connectivity index (χ1v) is 14.3. The zero-order chi connectivity index (χ0) is 28.6. The quantitative estimate of drug-likeness (QED) is 0.247. The molecule has 0 spiro atoms. The maximum Gasteiger partial charge on any atom is 0.339 e. The zero-order valence-corrected chi connectivity index (χ0v) is 23.6. The van der Waals surface area contributed by atoms with Crippen LogP contribution < -0.4 is 9.64 Å². The molecule has 6 rings (SSSR count). The molecule has 2 heterocycles.